The number of carbonyl (C=O) groups is 1. The molecule has 0 radical (unpaired) electrons. The molecule has 1 atom stereocenters. The highest BCUT2D eigenvalue weighted by atomic mass is 127. The van der Waals surface area contributed by atoms with E-state index in [1.807, 2.05) is 19.1 Å². The number of hydrogen-bond donors (Lipinski definition) is 0. The predicted molar refractivity (Wildman–Crippen MR) is 168 cm³/mol. The van der Waals surface area contributed by atoms with Crippen LogP contribution in [0.3, 0.4) is 0 Å². The first-order valence-electron chi connectivity index (χ1n) is 13.0. The summed E-state index contributed by atoms with van der Waals surface area (Å²) in [5.41, 5.74) is 5.26. The molecule has 212 valence electrons. The van der Waals surface area contributed by atoms with E-state index in [-0.39, 0.29) is 12.2 Å². The lowest BCUT2D eigenvalue weighted by atomic mass is 9.95. The van der Waals surface area contributed by atoms with E-state index in [9.17, 15) is 9.59 Å². The molecule has 0 bridgehead atoms. The van der Waals surface area contributed by atoms with E-state index in [1.54, 1.807) is 44.8 Å². The Morgan fingerprint density at radius 3 is 2.46 bits per heavy atom. The zero-order valence-electron chi connectivity index (χ0n) is 23.6. The number of aromatic nitrogens is 2. The standard InChI is InChI=1S/C31H30IN3O5S/c1-7-40-30(37)27-18(3)33-31-35(28(27)24-13-12-23(38-5)16-25(24)39-6)29(36)26(41-31)15-20-14-17(2)34(19(20)4)22-10-8-21(32)9-11-22/h8-16,28H,7H2,1-6H3/b26-15-/t28-/m1/s1. The molecule has 0 fully saturated rings. The Labute approximate surface area is 255 Å². The smallest absolute Gasteiger partial charge is 0.338 e. The Morgan fingerprint density at radius 2 is 1.80 bits per heavy atom. The molecule has 0 amide bonds. The minimum atomic E-state index is -0.785. The molecule has 1 aliphatic heterocycles. The number of fused-ring (bicyclic) bond motifs is 1. The van der Waals surface area contributed by atoms with E-state index < -0.39 is 12.0 Å². The molecule has 0 aliphatic carbocycles. The third kappa shape index (κ3) is 5.26. The number of thiazole rings is 1. The Kier molecular flexibility index (Phi) is 8.23. The van der Waals surface area contributed by atoms with Crippen molar-refractivity contribution < 1.29 is 19.0 Å². The fraction of sp³-hybridized carbons (Fsp3) is 0.258. The molecule has 0 N–H and O–H groups in total. The van der Waals surface area contributed by atoms with Gasteiger partial charge in [-0.1, -0.05) is 11.3 Å². The second kappa shape index (κ2) is 11.7. The zero-order valence-corrected chi connectivity index (χ0v) is 26.6. The van der Waals surface area contributed by atoms with Gasteiger partial charge in [-0.15, -0.1) is 0 Å². The van der Waals surface area contributed by atoms with Gasteiger partial charge in [0.05, 0.1) is 36.6 Å². The van der Waals surface area contributed by atoms with Crippen LogP contribution in [0.5, 0.6) is 11.5 Å². The van der Waals surface area contributed by atoms with Crippen LogP contribution in [-0.4, -0.2) is 35.9 Å². The molecule has 2 aromatic carbocycles. The summed E-state index contributed by atoms with van der Waals surface area (Å²) in [5.74, 6) is 0.563. The molecule has 0 saturated heterocycles. The highest BCUT2D eigenvalue weighted by Crippen LogP contribution is 2.37. The fourth-order valence-electron chi connectivity index (χ4n) is 5.19. The minimum Gasteiger partial charge on any atom is -0.497 e. The highest BCUT2D eigenvalue weighted by molar-refractivity contribution is 14.1. The second-order valence-corrected chi connectivity index (χ2v) is 11.8. The fourth-order valence-corrected chi connectivity index (χ4v) is 6.59. The molecule has 41 heavy (non-hydrogen) atoms. The van der Waals surface area contributed by atoms with Crippen LogP contribution in [0.2, 0.25) is 0 Å². The van der Waals surface area contributed by atoms with Gasteiger partial charge in [0, 0.05) is 32.3 Å². The van der Waals surface area contributed by atoms with E-state index in [4.69, 9.17) is 14.2 Å². The Bertz CT molecular complexity index is 1860. The number of hydrogen-bond acceptors (Lipinski definition) is 7. The van der Waals surface area contributed by atoms with Crippen LogP contribution in [0.25, 0.3) is 11.8 Å². The van der Waals surface area contributed by atoms with Gasteiger partial charge < -0.3 is 18.8 Å². The quantitative estimate of drug-likeness (QED) is 0.206. The van der Waals surface area contributed by atoms with Gasteiger partial charge >= 0.3 is 5.97 Å². The first-order chi connectivity index (χ1) is 19.7. The van der Waals surface area contributed by atoms with Crippen molar-refractivity contribution in [3.05, 3.63) is 106 Å². The maximum atomic E-state index is 14.1. The molecule has 1 aliphatic rings. The molecular weight excluding hydrogens is 653 g/mol. The van der Waals surface area contributed by atoms with Crippen LogP contribution in [0.4, 0.5) is 0 Å². The number of aryl methyl sites for hydroxylation is 1. The third-order valence-electron chi connectivity index (χ3n) is 7.09. The molecular formula is C31H30IN3O5S. The molecule has 8 nitrogen and oxygen atoms in total. The second-order valence-electron chi connectivity index (χ2n) is 9.55. The van der Waals surface area contributed by atoms with Crippen molar-refractivity contribution in [3.63, 3.8) is 0 Å². The number of halogens is 1. The van der Waals surface area contributed by atoms with Crippen molar-refractivity contribution in [3.8, 4) is 17.2 Å². The first-order valence-corrected chi connectivity index (χ1v) is 14.9. The summed E-state index contributed by atoms with van der Waals surface area (Å²) in [6, 6.07) is 14.9. The number of methoxy groups -OCH3 is 2. The van der Waals surface area contributed by atoms with Crippen LogP contribution < -0.4 is 24.4 Å². The monoisotopic (exact) mass is 683 g/mol. The topological polar surface area (TPSA) is 84.1 Å². The Hall–Kier alpha value is -3.64. The number of nitrogens with zero attached hydrogens (tertiary/aromatic N) is 3. The summed E-state index contributed by atoms with van der Waals surface area (Å²) in [6.07, 6.45) is 1.90. The van der Waals surface area contributed by atoms with E-state index >= 15 is 0 Å². The highest BCUT2D eigenvalue weighted by Gasteiger charge is 2.35. The van der Waals surface area contributed by atoms with Crippen LogP contribution in [0, 0.1) is 17.4 Å². The van der Waals surface area contributed by atoms with Gasteiger partial charge in [0.15, 0.2) is 4.80 Å². The molecule has 4 aromatic rings. The van der Waals surface area contributed by atoms with Crippen molar-refractivity contribution >= 4 is 46.0 Å². The van der Waals surface area contributed by atoms with Gasteiger partial charge in [-0.3, -0.25) is 9.36 Å². The lowest BCUT2D eigenvalue weighted by Gasteiger charge is -2.26. The summed E-state index contributed by atoms with van der Waals surface area (Å²) in [7, 11) is 3.12. The summed E-state index contributed by atoms with van der Waals surface area (Å²) < 4.78 is 21.9. The van der Waals surface area contributed by atoms with Crippen molar-refractivity contribution in [1.29, 1.82) is 0 Å². The van der Waals surface area contributed by atoms with Gasteiger partial charge in [0.25, 0.3) is 5.56 Å². The average molecular weight is 684 g/mol. The number of benzene rings is 2. The predicted octanol–water partition coefficient (Wildman–Crippen LogP) is 4.83. The summed E-state index contributed by atoms with van der Waals surface area (Å²) in [5, 5.41) is 0. The average Bonchev–Trinajstić information content (AvgIpc) is 3.41. The first kappa shape index (κ1) is 28.9. The maximum Gasteiger partial charge on any atom is 0.338 e. The van der Waals surface area contributed by atoms with Gasteiger partial charge in [-0.05, 0) is 104 Å². The van der Waals surface area contributed by atoms with Crippen LogP contribution in [0.15, 0.2) is 69.6 Å². The van der Waals surface area contributed by atoms with E-state index in [1.165, 1.54) is 11.3 Å². The number of esters is 1. The van der Waals surface area contributed by atoms with E-state index in [0.717, 1.165) is 26.2 Å². The van der Waals surface area contributed by atoms with Crippen molar-refractivity contribution in [2.24, 2.45) is 4.99 Å². The number of carbonyl (C=O) groups excluding carboxylic acids is 1. The molecule has 0 unspecified atom stereocenters. The molecule has 3 heterocycles. The Morgan fingerprint density at radius 1 is 1.07 bits per heavy atom. The SMILES string of the molecule is CCOC(=O)C1=C(C)N=c2s/c(=C\c3cc(C)n(-c4ccc(I)cc4)c3C)c(=O)n2[C@@H]1c1ccc(OC)cc1OC. The molecule has 0 spiro atoms. The van der Waals surface area contributed by atoms with Gasteiger partial charge in [-0.25, -0.2) is 9.79 Å². The normalized spacial score (nSPS) is 15.0. The molecule has 2 aromatic heterocycles. The summed E-state index contributed by atoms with van der Waals surface area (Å²) in [6.45, 7) is 7.80. The van der Waals surface area contributed by atoms with E-state index in [2.05, 4.69) is 69.4 Å². The third-order valence-corrected chi connectivity index (χ3v) is 8.80. The molecule has 0 saturated carbocycles. The van der Waals surface area contributed by atoms with Gasteiger partial charge in [-0.2, -0.15) is 0 Å². The van der Waals surface area contributed by atoms with Crippen LogP contribution in [0.1, 0.15) is 42.4 Å². The lowest BCUT2D eigenvalue weighted by Crippen LogP contribution is -2.40. The number of ether oxygens (including phenoxy) is 3. The van der Waals surface area contributed by atoms with Crippen molar-refractivity contribution in [2.45, 2.75) is 33.7 Å². The maximum absolute atomic E-state index is 14.1. The Balaban J connectivity index is 1.72. The molecule has 10 heteroatoms. The number of rotatable bonds is 7. The van der Waals surface area contributed by atoms with Crippen LogP contribution >= 0.6 is 33.9 Å². The number of allylic oxidation sites excluding steroid dienone is 1. The van der Waals surface area contributed by atoms with Gasteiger partial charge in [0.2, 0.25) is 0 Å². The zero-order chi connectivity index (χ0) is 29.4. The van der Waals surface area contributed by atoms with Crippen LogP contribution in [-0.2, 0) is 9.53 Å². The summed E-state index contributed by atoms with van der Waals surface area (Å²) in [4.78, 5) is 32.5. The molecule has 5 rings (SSSR count). The lowest BCUT2D eigenvalue weighted by molar-refractivity contribution is -0.139. The van der Waals surface area contributed by atoms with Crippen molar-refractivity contribution in [1.82, 2.24) is 9.13 Å². The largest absolute Gasteiger partial charge is 0.497 e. The summed E-state index contributed by atoms with van der Waals surface area (Å²) >= 11 is 3.59. The van der Waals surface area contributed by atoms with Crippen molar-refractivity contribution in [2.75, 3.05) is 20.8 Å². The minimum absolute atomic E-state index is 0.197. The van der Waals surface area contributed by atoms with E-state index in [0.29, 0.717) is 37.7 Å². The van der Waals surface area contributed by atoms with Gasteiger partial charge in [0.1, 0.15) is 17.5 Å².